The Morgan fingerprint density at radius 3 is 2.52 bits per heavy atom. The van der Waals surface area contributed by atoms with E-state index in [0.717, 1.165) is 0 Å². The molecule has 0 spiro atoms. The predicted octanol–water partition coefficient (Wildman–Crippen LogP) is 2.87. The van der Waals surface area contributed by atoms with Gasteiger partial charge in [-0.15, -0.1) is 0 Å². The molecule has 1 amide bonds. The van der Waals surface area contributed by atoms with Gasteiger partial charge < -0.3 is 9.32 Å². The molecule has 1 atom stereocenters. The van der Waals surface area contributed by atoms with Crippen LogP contribution in [0.5, 0.6) is 0 Å². The first-order chi connectivity index (χ1) is 10.9. The van der Waals surface area contributed by atoms with Gasteiger partial charge in [0.15, 0.2) is 14.5 Å². The average molecular weight is 398 g/mol. The van der Waals surface area contributed by atoms with Gasteiger partial charge in [-0.3, -0.25) is 4.79 Å². The third-order valence-corrected chi connectivity index (χ3v) is 6.06. The number of rotatable bonds is 4. The molecule has 0 saturated carbocycles. The Morgan fingerprint density at radius 1 is 1.22 bits per heavy atom. The quantitative estimate of drug-likeness (QED) is 0.795. The van der Waals surface area contributed by atoms with E-state index in [1.807, 2.05) is 6.07 Å². The van der Waals surface area contributed by atoms with Crippen LogP contribution >= 0.6 is 15.9 Å². The molecule has 1 aliphatic heterocycles. The number of furan rings is 1. The van der Waals surface area contributed by atoms with Crippen molar-refractivity contribution in [1.29, 1.82) is 0 Å². The Labute approximate surface area is 143 Å². The smallest absolute Gasteiger partial charge is 0.254 e. The second-order valence-corrected chi connectivity index (χ2v) is 8.57. The highest BCUT2D eigenvalue weighted by molar-refractivity contribution is 9.10. The minimum atomic E-state index is -3.08. The fourth-order valence-corrected chi connectivity index (χ4v) is 4.81. The van der Waals surface area contributed by atoms with Crippen LogP contribution in [-0.2, 0) is 16.4 Å². The average Bonchev–Trinajstić information content (AvgIpc) is 3.10. The molecule has 1 aliphatic rings. The van der Waals surface area contributed by atoms with Crippen LogP contribution in [0.25, 0.3) is 0 Å². The fourth-order valence-electron chi connectivity index (χ4n) is 2.74. The molecule has 0 unspecified atom stereocenters. The number of carbonyl (C=O) groups is 1. The van der Waals surface area contributed by atoms with E-state index >= 15 is 0 Å². The van der Waals surface area contributed by atoms with Gasteiger partial charge in [0, 0.05) is 11.6 Å². The first-order valence-corrected chi connectivity index (χ1v) is 9.87. The number of sulfone groups is 1. The van der Waals surface area contributed by atoms with Crippen molar-refractivity contribution in [1.82, 2.24) is 4.90 Å². The van der Waals surface area contributed by atoms with Crippen LogP contribution in [0.4, 0.5) is 0 Å². The second-order valence-electron chi connectivity index (χ2n) is 5.56. The molecule has 0 N–H and O–H groups in total. The van der Waals surface area contributed by atoms with Crippen molar-refractivity contribution in [3.63, 3.8) is 0 Å². The van der Waals surface area contributed by atoms with Crippen LogP contribution in [0.15, 0.2) is 51.6 Å². The lowest BCUT2D eigenvalue weighted by molar-refractivity contribution is 0.0665. The molecule has 0 radical (unpaired) electrons. The Hall–Kier alpha value is -1.60. The lowest BCUT2D eigenvalue weighted by Gasteiger charge is -2.27. The van der Waals surface area contributed by atoms with Crippen molar-refractivity contribution in [2.75, 3.05) is 11.5 Å². The standard InChI is InChI=1S/C16H16BrNO4S/c17-15-7-6-14(22-15)10-18(13-8-9-23(20,21)11-13)16(19)12-4-2-1-3-5-12/h1-7,13H,8-11H2/t13-/m0/s1. The summed E-state index contributed by atoms with van der Waals surface area (Å²) in [6.45, 7) is 0.250. The first kappa shape index (κ1) is 16.3. The van der Waals surface area contributed by atoms with Gasteiger partial charge in [0.2, 0.25) is 0 Å². The molecule has 1 fully saturated rings. The zero-order valence-electron chi connectivity index (χ0n) is 12.3. The molecular weight excluding hydrogens is 382 g/mol. The van der Waals surface area contributed by atoms with Gasteiger partial charge in [-0.05, 0) is 46.6 Å². The summed E-state index contributed by atoms with van der Waals surface area (Å²) in [5.74, 6) is 0.566. The lowest BCUT2D eigenvalue weighted by atomic mass is 10.1. The summed E-state index contributed by atoms with van der Waals surface area (Å²) in [6.07, 6.45) is 0.461. The van der Waals surface area contributed by atoms with Crippen LogP contribution in [0, 0.1) is 0 Å². The van der Waals surface area contributed by atoms with Gasteiger partial charge >= 0.3 is 0 Å². The summed E-state index contributed by atoms with van der Waals surface area (Å²) in [4.78, 5) is 14.4. The molecular formula is C16H16BrNO4S. The number of halogens is 1. The van der Waals surface area contributed by atoms with E-state index in [1.54, 1.807) is 41.3 Å². The largest absolute Gasteiger partial charge is 0.452 e. The van der Waals surface area contributed by atoms with Gasteiger partial charge in [0.1, 0.15) is 5.76 Å². The highest BCUT2D eigenvalue weighted by Crippen LogP contribution is 2.24. The topological polar surface area (TPSA) is 67.6 Å². The van der Waals surface area contributed by atoms with Crippen LogP contribution < -0.4 is 0 Å². The normalized spacial score (nSPS) is 19.6. The highest BCUT2D eigenvalue weighted by Gasteiger charge is 2.35. The van der Waals surface area contributed by atoms with Crippen molar-refractivity contribution in [3.05, 3.63) is 58.5 Å². The number of benzene rings is 1. The van der Waals surface area contributed by atoms with E-state index in [0.29, 0.717) is 22.4 Å². The molecule has 122 valence electrons. The predicted molar refractivity (Wildman–Crippen MR) is 89.8 cm³/mol. The summed E-state index contributed by atoms with van der Waals surface area (Å²) in [6, 6.07) is 12.1. The van der Waals surface area contributed by atoms with Gasteiger partial charge in [-0.2, -0.15) is 0 Å². The Morgan fingerprint density at radius 2 is 1.96 bits per heavy atom. The molecule has 2 aromatic rings. The fraction of sp³-hybridized carbons (Fsp3) is 0.312. The van der Waals surface area contributed by atoms with E-state index in [2.05, 4.69) is 15.9 Å². The second kappa shape index (κ2) is 6.49. The maximum absolute atomic E-state index is 12.8. The molecule has 5 nitrogen and oxygen atoms in total. The van der Waals surface area contributed by atoms with Crippen LogP contribution in [-0.4, -0.2) is 36.8 Å². The molecule has 0 bridgehead atoms. The first-order valence-electron chi connectivity index (χ1n) is 7.25. The Balaban J connectivity index is 1.88. The van der Waals surface area contributed by atoms with Gasteiger partial charge in [-0.25, -0.2) is 8.42 Å². The highest BCUT2D eigenvalue weighted by atomic mass is 79.9. The number of hydrogen-bond donors (Lipinski definition) is 0. The van der Waals surface area contributed by atoms with E-state index in [4.69, 9.17) is 4.42 Å². The zero-order chi connectivity index (χ0) is 16.4. The Kier molecular flexibility index (Phi) is 4.59. The van der Waals surface area contributed by atoms with Gasteiger partial charge in [-0.1, -0.05) is 18.2 Å². The summed E-state index contributed by atoms with van der Waals surface area (Å²) in [5, 5.41) is 0. The van der Waals surface area contributed by atoms with Crippen molar-refractivity contribution in [3.8, 4) is 0 Å². The molecule has 2 heterocycles. The SMILES string of the molecule is O=C(c1ccccc1)N(Cc1ccc(Br)o1)[C@H]1CCS(=O)(=O)C1. The minimum Gasteiger partial charge on any atom is -0.452 e. The summed E-state index contributed by atoms with van der Waals surface area (Å²) >= 11 is 3.24. The zero-order valence-corrected chi connectivity index (χ0v) is 14.7. The van der Waals surface area contributed by atoms with Crippen molar-refractivity contribution in [2.45, 2.75) is 19.0 Å². The van der Waals surface area contributed by atoms with E-state index in [1.165, 1.54) is 0 Å². The van der Waals surface area contributed by atoms with Crippen LogP contribution in [0.3, 0.4) is 0 Å². The maximum Gasteiger partial charge on any atom is 0.254 e. The van der Waals surface area contributed by atoms with E-state index in [9.17, 15) is 13.2 Å². The lowest BCUT2D eigenvalue weighted by Crippen LogP contribution is -2.40. The summed E-state index contributed by atoms with van der Waals surface area (Å²) in [5.41, 5.74) is 0.544. The van der Waals surface area contributed by atoms with Crippen LogP contribution in [0.2, 0.25) is 0 Å². The van der Waals surface area contributed by atoms with Crippen molar-refractivity contribution in [2.24, 2.45) is 0 Å². The van der Waals surface area contributed by atoms with E-state index < -0.39 is 9.84 Å². The molecule has 1 aromatic carbocycles. The van der Waals surface area contributed by atoms with Gasteiger partial charge in [0.25, 0.3) is 5.91 Å². The molecule has 1 aromatic heterocycles. The van der Waals surface area contributed by atoms with Crippen LogP contribution in [0.1, 0.15) is 22.5 Å². The number of carbonyl (C=O) groups excluding carboxylic acids is 1. The third kappa shape index (κ3) is 3.84. The molecule has 1 saturated heterocycles. The number of hydrogen-bond acceptors (Lipinski definition) is 4. The molecule has 7 heteroatoms. The summed E-state index contributed by atoms with van der Waals surface area (Å²) < 4.78 is 29.7. The van der Waals surface area contributed by atoms with Crippen molar-refractivity contribution >= 4 is 31.7 Å². The van der Waals surface area contributed by atoms with Gasteiger partial charge in [0.05, 0.1) is 18.1 Å². The molecule has 0 aliphatic carbocycles. The van der Waals surface area contributed by atoms with Crippen molar-refractivity contribution < 1.29 is 17.6 Å². The van der Waals surface area contributed by atoms with E-state index in [-0.39, 0.29) is 30.0 Å². The maximum atomic E-state index is 12.8. The summed E-state index contributed by atoms with van der Waals surface area (Å²) in [7, 11) is -3.08. The number of amides is 1. The number of nitrogens with zero attached hydrogens (tertiary/aromatic N) is 1. The third-order valence-electron chi connectivity index (χ3n) is 3.89. The molecule has 3 rings (SSSR count). The molecule has 23 heavy (non-hydrogen) atoms. The minimum absolute atomic E-state index is 0.00739. The Bertz CT molecular complexity index is 800. The monoisotopic (exact) mass is 397 g/mol.